The largest absolute Gasteiger partial charge is 0.325 e. The number of alkyl halides is 1. The molecule has 18 heavy (non-hydrogen) atoms. The number of aromatic nitrogens is 3. The van der Waals surface area contributed by atoms with Gasteiger partial charge < -0.3 is 4.57 Å². The molecule has 0 N–H and O–H groups in total. The Morgan fingerprint density at radius 3 is 2.89 bits per heavy atom. The molecular formula is C14H20ClN3. The summed E-state index contributed by atoms with van der Waals surface area (Å²) in [5.74, 6) is 1.70. The Hall–Kier alpha value is -1.09. The predicted octanol–water partition coefficient (Wildman–Crippen LogP) is 3.96. The second-order valence-corrected chi connectivity index (χ2v) is 4.93. The van der Waals surface area contributed by atoms with Gasteiger partial charge in [-0.15, -0.1) is 11.6 Å². The summed E-state index contributed by atoms with van der Waals surface area (Å²) < 4.78 is 2.36. The van der Waals surface area contributed by atoms with E-state index in [0.717, 1.165) is 24.2 Å². The Morgan fingerprint density at radius 1 is 1.39 bits per heavy atom. The fourth-order valence-corrected chi connectivity index (χ4v) is 2.69. The van der Waals surface area contributed by atoms with Crippen LogP contribution in [0.25, 0.3) is 11.0 Å². The van der Waals surface area contributed by atoms with Crippen molar-refractivity contribution in [3.63, 3.8) is 0 Å². The molecule has 4 heteroatoms. The number of imidazole rings is 1. The van der Waals surface area contributed by atoms with Gasteiger partial charge in [0, 0.05) is 24.5 Å². The molecule has 0 spiro atoms. The van der Waals surface area contributed by atoms with Crippen molar-refractivity contribution in [1.82, 2.24) is 14.5 Å². The van der Waals surface area contributed by atoms with Crippen LogP contribution in [0.5, 0.6) is 0 Å². The van der Waals surface area contributed by atoms with Crippen molar-refractivity contribution in [3.05, 3.63) is 24.3 Å². The van der Waals surface area contributed by atoms with Crippen molar-refractivity contribution in [2.45, 2.75) is 45.6 Å². The maximum Gasteiger partial charge on any atom is 0.111 e. The van der Waals surface area contributed by atoms with Crippen molar-refractivity contribution < 1.29 is 0 Å². The normalized spacial score (nSPS) is 13.1. The predicted molar refractivity (Wildman–Crippen MR) is 76.2 cm³/mol. The van der Waals surface area contributed by atoms with Crippen molar-refractivity contribution in [2.75, 3.05) is 5.88 Å². The van der Waals surface area contributed by atoms with Crippen molar-refractivity contribution in [1.29, 1.82) is 0 Å². The fraction of sp³-hybridized carbons (Fsp3) is 0.571. The van der Waals surface area contributed by atoms with Crippen LogP contribution in [0.15, 0.2) is 18.5 Å². The van der Waals surface area contributed by atoms with Crippen LogP contribution < -0.4 is 0 Å². The Kier molecular flexibility index (Phi) is 4.59. The number of halogens is 1. The zero-order valence-electron chi connectivity index (χ0n) is 11.1. The third-order valence-corrected chi connectivity index (χ3v) is 3.53. The van der Waals surface area contributed by atoms with Crippen LogP contribution in [0.3, 0.4) is 0 Å². The van der Waals surface area contributed by atoms with Crippen molar-refractivity contribution in [3.8, 4) is 0 Å². The van der Waals surface area contributed by atoms with E-state index in [1.54, 1.807) is 0 Å². The Balaban J connectivity index is 2.52. The maximum atomic E-state index is 5.89. The van der Waals surface area contributed by atoms with Crippen LogP contribution in [-0.4, -0.2) is 20.4 Å². The molecule has 0 fully saturated rings. The molecular weight excluding hydrogens is 246 g/mol. The molecule has 98 valence electrons. The molecule has 0 amide bonds. The smallest absolute Gasteiger partial charge is 0.111 e. The van der Waals surface area contributed by atoms with Gasteiger partial charge in [0.15, 0.2) is 0 Å². The number of pyridine rings is 1. The van der Waals surface area contributed by atoms with E-state index < -0.39 is 0 Å². The minimum atomic E-state index is 0.514. The first-order chi connectivity index (χ1) is 8.81. The van der Waals surface area contributed by atoms with Crippen LogP contribution in [0.1, 0.15) is 45.0 Å². The van der Waals surface area contributed by atoms with Gasteiger partial charge in [0.05, 0.1) is 11.7 Å². The molecule has 1 atom stereocenters. The van der Waals surface area contributed by atoms with E-state index >= 15 is 0 Å². The van der Waals surface area contributed by atoms with Crippen LogP contribution in [0, 0.1) is 0 Å². The highest BCUT2D eigenvalue weighted by Gasteiger charge is 2.16. The molecule has 3 nitrogen and oxygen atoms in total. The quantitative estimate of drug-likeness (QED) is 0.740. The SMILES string of the molecule is CCCC(CC)n1c(CCCl)nc2cnccc21. The number of hydrogen-bond acceptors (Lipinski definition) is 2. The van der Waals surface area contributed by atoms with E-state index in [1.807, 2.05) is 12.4 Å². The van der Waals surface area contributed by atoms with E-state index in [-0.39, 0.29) is 0 Å². The third-order valence-electron chi connectivity index (χ3n) is 3.34. The van der Waals surface area contributed by atoms with Gasteiger partial charge in [0.1, 0.15) is 11.3 Å². The van der Waals surface area contributed by atoms with Crippen LogP contribution in [0.4, 0.5) is 0 Å². The van der Waals surface area contributed by atoms with Crippen LogP contribution in [-0.2, 0) is 6.42 Å². The molecule has 0 aliphatic heterocycles. The van der Waals surface area contributed by atoms with E-state index in [9.17, 15) is 0 Å². The van der Waals surface area contributed by atoms with Gasteiger partial charge in [0.25, 0.3) is 0 Å². The first-order valence-corrected chi connectivity index (χ1v) is 7.22. The third kappa shape index (κ3) is 2.51. The lowest BCUT2D eigenvalue weighted by molar-refractivity contribution is 0.445. The van der Waals surface area contributed by atoms with E-state index in [4.69, 9.17) is 11.6 Å². The molecule has 2 heterocycles. The molecule has 0 saturated carbocycles. The second kappa shape index (κ2) is 6.19. The summed E-state index contributed by atoms with van der Waals surface area (Å²) in [6.07, 6.45) is 7.97. The van der Waals surface area contributed by atoms with Gasteiger partial charge in [-0.1, -0.05) is 20.3 Å². The maximum absolute atomic E-state index is 5.89. The number of nitrogens with zero attached hydrogens (tertiary/aromatic N) is 3. The summed E-state index contributed by atoms with van der Waals surface area (Å²) in [6.45, 7) is 4.46. The lowest BCUT2D eigenvalue weighted by atomic mass is 10.1. The Bertz CT molecular complexity index is 507. The highest BCUT2D eigenvalue weighted by Crippen LogP contribution is 2.26. The van der Waals surface area contributed by atoms with Gasteiger partial charge in [-0.05, 0) is 18.9 Å². The first-order valence-electron chi connectivity index (χ1n) is 6.68. The van der Waals surface area contributed by atoms with E-state index in [2.05, 4.69) is 34.4 Å². The highest BCUT2D eigenvalue weighted by molar-refractivity contribution is 6.17. The average molecular weight is 266 g/mol. The summed E-state index contributed by atoms with van der Waals surface area (Å²) >= 11 is 5.89. The van der Waals surface area contributed by atoms with Gasteiger partial charge in [-0.25, -0.2) is 4.98 Å². The average Bonchev–Trinajstić information content (AvgIpc) is 2.74. The number of hydrogen-bond donors (Lipinski definition) is 0. The summed E-state index contributed by atoms with van der Waals surface area (Å²) in [5.41, 5.74) is 2.16. The van der Waals surface area contributed by atoms with Gasteiger partial charge >= 0.3 is 0 Å². The van der Waals surface area contributed by atoms with Crippen LogP contribution >= 0.6 is 11.6 Å². The van der Waals surface area contributed by atoms with Crippen molar-refractivity contribution in [2.24, 2.45) is 0 Å². The fourth-order valence-electron chi connectivity index (χ4n) is 2.52. The highest BCUT2D eigenvalue weighted by atomic mass is 35.5. The summed E-state index contributed by atoms with van der Waals surface area (Å²) in [6, 6.07) is 2.57. The summed E-state index contributed by atoms with van der Waals surface area (Å²) in [4.78, 5) is 8.82. The topological polar surface area (TPSA) is 30.7 Å². The lowest BCUT2D eigenvalue weighted by Gasteiger charge is -2.19. The molecule has 2 aromatic heterocycles. The van der Waals surface area contributed by atoms with Gasteiger partial charge in [0.2, 0.25) is 0 Å². The van der Waals surface area contributed by atoms with E-state index in [0.29, 0.717) is 11.9 Å². The van der Waals surface area contributed by atoms with E-state index in [1.165, 1.54) is 18.4 Å². The lowest BCUT2D eigenvalue weighted by Crippen LogP contribution is -2.12. The minimum Gasteiger partial charge on any atom is -0.325 e. The molecule has 0 saturated heterocycles. The molecule has 0 bridgehead atoms. The minimum absolute atomic E-state index is 0.514. The van der Waals surface area contributed by atoms with Crippen molar-refractivity contribution >= 4 is 22.6 Å². The zero-order chi connectivity index (χ0) is 13.0. The summed E-state index contributed by atoms with van der Waals surface area (Å²) in [5, 5.41) is 0. The monoisotopic (exact) mass is 265 g/mol. The Labute approximate surface area is 113 Å². The Morgan fingerprint density at radius 2 is 2.22 bits per heavy atom. The number of aryl methyl sites for hydroxylation is 1. The zero-order valence-corrected chi connectivity index (χ0v) is 11.8. The molecule has 2 rings (SSSR count). The number of fused-ring (bicyclic) bond motifs is 1. The number of rotatable bonds is 6. The molecule has 0 radical (unpaired) electrons. The van der Waals surface area contributed by atoms with Gasteiger partial charge in [-0.2, -0.15) is 0 Å². The molecule has 0 aliphatic rings. The molecule has 0 aromatic carbocycles. The first kappa shape index (κ1) is 13.3. The standard InChI is InChI=1S/C14H20ClN3/c1-3-5-11(4-2)18-13-7-9-16-10-12(13)17-14(18)6-8-15/h7,9-11H,3-6,8H2,1-2H3. The summed E-state index contributed by atoms with van der Waals surface area (Å²) in [7, 11) is 0. The second-order valence-electron chi connectivity index (χ2n) is 4.55. The van der Waals surface area contributed by atoms with Gasteiger partial charge in [-0.3, -0.25) is 4.98 Å². The molecule has 2 aromatic rings. The molecule has 1 unspecified atom stereocenters. The molecule has 0 aliphatic carbocycles. The van der Waals surface area contributed by atoms with Crippen LogP contribution in [0.2, 0.25) is 0 Å².